The summed E-state index contributed by atoms with van der Waals surface area (Å²) < 4.78 is 0. The number of anilines is 1. The molecule has 1 aromatic carbocycles. The predicted octanol–water partition coefficient (Wildman–Crippen LogP) is 1.61. The van der Waals surface area contributed by atoms with Crippen molar-refractivity contribution in [1.82, 2.24) is 9.97 Å². The average molecular weight is 246 g/mol. The number of nitrogens with two attached hydrogens (primary N) is 1. The second kappa shape index (κ2) is 4.78. The number of imidazole rings is 1. The van der Waals surface area contributed by atoms with Crippen LogP contribution in [-0.4, -0.2) is 29.5 Å². The van der Waals surface area contributed by atoms with Gasteiger partial charge in [-0.15, -0.1) is 0 Å². The second-order valence-corrected chi connectivity index (χ2v) is 4.64. The van der Waals surface area contributed by atoms with Gasteiger partial charge in [-0.2, -0.15) is 0 Å². The van der Waals surface area contributed by atoms with Gasteiger partial charge in [-0.3, -0.25) is 4.79 Å². The third-order valence-electron chi connectivity index (χ3n) is 2.97. The maximum Gasteiger partial charge on any atom is 0.240 e. The zero-order chi connectivity index (χ0) is 13.3. The van der Waals surface area contributed by atoms with Crippen molar-refractivity contribution in [3.63, 3.8) is 0 Å². The number of benzene rings is 1. The minimum absolute atomic E-state index is 0.00869. The maximum atomic E-state index is 11.5. The van der Waals surface area contributed by atoms with Crippen molar-refractivity contribution in [3.8, 4) is 0 Å². The molecular formula is C13H18N4O. The largest absolute Gasteiger partial charge is 0.342 e. The van der Waals surface area contributed by atoms with Crippen molar-refractivity contribution >= 4 is 22.6 Å². The Labute approximate surface area is 106 Å². The first-order valence-corrected chi connectivity index (χ1v) is 5.99. The molecule has 0 saturated carbocycles. The molecule has 2 aromatic rings. The molecule has 0 atom stereocenters. The van der Waals surface area contributed by atoms with Crippen LogP contribution >= 0.6 is 0 Å². The summed E-state index contributed by atoms with van der Waals surface area (Å²) in [4.78, 5) is 20.8. The summed E-state index contributed by atoms with van der Waals surface area (Å²) >= 11 is 0. The number of hydrogen-bond acceptors (Lipinski definition) is 3. The summed E-state index contributed by atoms with van der Waals surface area (Å²) in [6, 6.07) is 5.70. The quantitative estimate of drug-likeness (QED) is 0.864. The summed E-state index contributed by atoms with van der Waals surface area (Å²) in [5.74, 6) is 1.19. The summed E-state index contributed by atoms with van der Waals surface area (Å²) in [6.45, 7) is 4.18. The topological polar surface area (TPSA) is 75.0 Å². The van der Waals surface area contributed by atoms with E-state index in [-0.39, 0.29) is 12.5 Å². The molecule has 0 unspecified atom stereocenters. The van der Waals surface area contributed by atoms with Crippen LogP contribution in [0, 0.1) is 0 Å². The lowest BCUT2D eigenvalue weighted by Crippen LogP contribution is -2.32. The SMILES string of the molecule is CC(C)c1nc2ccc(N(C)C(=O)CN)cc2[nH]1. The zero-order valence-electron chi connectivity index (χ0n) is 10.9. The van der Waals surface area contributed by atoms with E-state index in [1.165, 1.54) is 0 Å². The molecule has 2 rings (SSSR count). The van der Waals surface area contributed by atoms with Crippen molar-refractivity contribution in [3.05, 3.63) is 24.0 Å². The summed E-state index contributed by atoms with van der Waals surface area (Å²) in [5, 5.41) is 0. The Balaban J connectivity index is 2.40. The number of fused-ring (bicyclic) bond motifs is 1. The lowest BCUT2D eigenvalue weighted by atomic mass is 10.2. The normalized spacial score (nSPS) is 11.2. The van der Waals surface area contributed by atoms with E-state index in [1.54, 1.807) is 11.9 Å². The number of nitrogens with zero attached hydrogens (tertiary/aromatic N) is 2. The van der Waals surface area contributed by atoms with Gasteiger partial charge in [-0.1, -0.05) is 13.8 Å². The monoisotopic (exact) mass is 246 g/mol. The van der Waals surface area contributed by atoms with E-state index < -0.39 is 0 Å². The van der Waals surface area contributed by atoms with Crippen LogP contribution in [0.5, 0.6) is 0 Å². The lowest BCUT2D eigenvalue weighted by Gasteiger charge is -2.15. The number of carbonyl (C=O) groups is 1. The number of aromatic nitrogens is 2. The molecule has 1 amide bonds. The standard InChI is InChI=1S/C13H18N4O/c1-8(2)13-15-10-5-4-9(6-11(10)16-13)17(3)12(18)7-14/h4-6,8H,7,14H2,1-3H3,(H,15,16). The molecule has 5 heteroatoms. The van der Waals surface area contributed by atoms with Crippen LogP contribution in [0.1, 0.15) is 25.6 Å². The summed E-state index contributed by atoms with van der Waals surface area (Å²) in [5.41, 5.74) is 8.02. The van der Waals surface area contributed by atoms with E-state index in [0.717, 1.165) is 22.5 Å². The first kappa shape index (κ1) is 12.6. The number of rotatable bonds is 3. The highest BCUT2D eigenvalue weighted by Crippen LogP contribution is 2.22. The van der Waals surface area contributed by atoms with Crippen LogP contribution in [0.4, 0.5) is 5.69 Å². The van der Waals surface area contributed by atoms with Crippen LogP contribution in [-0.2, 0) is 4.79 Å². The fourth-order valence-electron chi connectivity index (χ4n) is 1.78. The van der Waals surface area contributed by atoms with Gasteiger partial charge in [0.15, 0.2) is 0 Å². The fraction of sp³-hybridized carbons (Fsp3) is 0.385. The van der Waals surface area contributed by atoms with Crippen LogP contribution in [0.25, 0.3) is 11.0 Å². The molecule has 0 spiro atoms. The molecule has 0 radical (unpaired) electrons. The molecule has 96 valence electrons. The van der Waals surface area contributed by atoms with Gasteiger partial charge in [-0.05, 0) is 18.2 Å². The lowest BCUT2D eigenvalue weighted by molar-refractivity contribution is -0.117. The molecular weight excluding hydrogens is 228 g/mol. The van der Waals surface area contributed by atoms with Gasteiger partial charge < -0.3 is 15.6 Å². The third-order valence-corrected chi connectivity index (χ3v) is 2.97. The zero-order valence-corrected chi connectivity index (χ0v) is 10.9. The molecule has 0 aliphatic carbocycles. The smallest absolute Gasteiger partial charge is 0.240 e. The molecule has 0 aliphatic heterocycles. The Kier molecular flexibility index (Phi) is 3.34. The molecule has 0 bridgehead atoms. The number of carbonyl (C=O) groups excluding carboxylic acids is 1. The first-order valence-electron chi connectivity index (χ1n) is 5.99. The van der Waals surface area contributed by atoms with E-state index in [4.69, 9.17) is 5.73 Å². The number of aromatic amines is 1. The van der Waals surface area contributed by atoms with Gasteiger partial charge in [0.1, 0.15) is 5.82 Å². The number of likely N-dealkylation sites (N-methyl/N-ethyl adjacent to an activating group) is 1. The van der Waals surface area contributed by atoms with Gasteiger partial charge in [0.2, 0.25) is 5.91 Å². The van der Waals surface area contributed by atoms with Crippen LogP contribution in [0.3, 0.4) is 0 Å². The van der Waals surface area contributed by atoms with E-state index >= 15 is 0 Å². The highest BCUT2D eigenvalue weighted by Gasteiger charge is 2.11. The van der Waals surface area contributed by atoms with E-state index in [2.05, 4.69) is 23.8 Å². The molecule has 1 heterocycles. The Morgan fingerprint density at radius 3 is 2.83 bits per heavy atom. The van der Waals surface area contributed by atoms with Crippen molar-refractivity contribution in [2.45, 2.75) is 19.8 Å². The molecule has 18 heavy (non-hydrogen) atoms. The Bertz CT molecular complexity index is 573. The number of nitrogens with one attached hydrogen (secondary N) is 1. The number of H-pyrrole nitrogens is 1. The maximum absolute atomic E-state index is 11.5. The first-order chi connectivity index (χ1) is 8.52. The number of hydrogen-bond donors (Lipinski definition) is 2. The predicted molar refractivity (Wildman–Crippen MR) is 72.6 cm³/mol. The molecule has 3 N–H and O–H groups in total. The van der Waals surface area contributed by atoms with Gasteiger partial charge in [0, 0.05) is 18.7 Å². The van der Waals surface area contributed by atoms with Gasteiger partial charge in [0.25, 0.3) is 0 Å². The number of amides is 1. The van der Waals surface area contributed by atoms with E-state index in [0.29, 0.717) is 5.92 Å². The minimum Gasteiger partial charge on any atom is -0.342 e. The van der Waals surface area contributed by atoms with Gasteiger partial charge >= 0.3 is 0 Å². The molecule has 5 nitrogen and oxygen atoms in total. The van der Waals surface area contributed by atoms with Crippen molar-refractivity contribution in [1.29, 1.82) is 0 Å². The molecule has 0 fully saturated rings. The van der Waals surface area contributed by atoms with Crippen LogP contribution < -0.4 is 10.6 Å². The van der Waals surface area contributed by atoms with Gasteiger partial charge in [0.05, 0.1) is 17.6 Å². The Morgan fingerprint density at radius 1 is 1.50 bits per heavy atom. The van der Waals surface area contributed by atoms with Crippen molar-refractivity contribution in [2.75, 3.05) is 18.5 Å². The van der Waals surface area contributed by atoms with Crippen LogP contribution in [0.2, 0.25) is 0 Å². The third kappa shape index (κ3) is 2.22. The van der Waals surface area contributed by atoms with E-state index in [9.17, 15) is 4.79 Å². The highest BCUT2D eigenvalue weighted by atomic mass is 16.2. The van der Waals surface area contributed by atoms with Gasteiger partial charge in [-0.25, -0.2) is 4.98 Å². The highest BCUT2D eigenvalue weighted by molar-refractivity contribution is 5.95. The second-order valence-electron chi connectivity index (χ2n) is 4.64. The molecule has 1 aromatic heterocycles. The average Bonchev–Trinajstić information content (AvgIpc) is 2.79. The Hall–Kier alpha value is -1.88. The Morgan fingerprint density at radius 2 is 2.22 bits per heavy atom. The molecule has 0 aliphatic rings. The minimum atomic E-state index is -0.113. The van der Waals surface area contributed by atoms with Crippen LogP contribution in [0.15, 0.2) is 18.2 Å². The summed E-state index contributed by atoms with van der Waals surface area (Å²) in [7, 11) is 1.72. The van der Waals surface area contributed by atoms with Crippen molar-refractivity contribution in [2.24, 2.45) is 5.73 Å². The fourth-order valence-corrected chi connectivity index (χ4v) is 1.78. The van der Waals surface area contributed by atoms with Crippen molar-refractivity contribution < 1.29 is 4.79 Å². The van der Waals surface area contributed by atoms with E-state index in [1.807, 2.05) is 18.2 Å². The molecule has 0 saturated heterocycles. The summed E-state index contributed by atoms with van der Waals surface area (Å²) in [6.07, 6.45) is 0.